The number of benzene rings is 1. The van der Waals surface area contributed by atoms with Crippen LogP contribution in [-0.2, 0) is 29.5 Å². The number of nitrogens with one attached hydrogen (secondary N) is 1. The molecule has 7 heteroatoms. The van der Waals surface area contributed by atoms with E-state index in [1.165, 1.54) is 0 Å². The summed E-state index contributed by atoms with van der Waals surface area (Å²) in [4.78, 5) is 28.1. The fourth-order valence-electron chi connectivity index (χ4n) is 4.61. The maximum atomic E-state index is 13.8. The first-order chi connectivity index (χ1) is 15.5. The van der Waals surface area contributed by atoms with Crippen LogP contribution < -0.4 is 10.9 Å². The van der Waals surface area contributed by atoms with Gasteiger partial charge in [-0.25, -0.2) is 0 Å². The average molecular weight is 458 g/mol. The molecular formula is C25H32ClN3O3. The first-order valence-corrected chi connectivity index (χ1v) is 11.8. The smallest absolute Gasteiger partial charge is 0.250 e. The lowest BCUT2D eigenvalue weighted by molar-refractivity contribution is -0.138. The number of pyridine rings is 1. The van der Waals surface area contributed by atoms with E-state index in [1.807, 2.05) is 23.1 Å². The van der Waals surface area contributed by atoms with Crippen molar-refractivity contribution in [3.8, 4) is 0 Å². The van der Waals surface area contributed by atoms with Crippen LogP contribution in [0.5, 0.6) is 0 Å². The van der Waals surface area contributed by atoms with Crippen molar-refractivity contribution in [3.63, 3.8) is 0 Å². The standard InChI is InChI=1S/C25H32ClN3O3/c1-28-11-8-18(14-24(28)30)21-7-10-27-15-22(21)25(31)29(20-4-5-20)16-19-13-17(9-12-32-2)3-6-23(19)26/h3,6,8,11,13-14,20-22,27H,4-5,7,9-10,12,15-16H2,1-2H3/t21-,22?/m1/s1. The second kappa shape index (κ2) is 10.2. The molecule has 2 fully saturated rings. The van der Waals surface area contributed by atoms with Crippen molar-refractivity contribution in [2.45, 2.75) is 44.2 Å². The monoisotopic (exact) mass is 457 g/mol. The van der Waals surface area contributed by atoms with Crippen molar-refractivity contribution in [2.24, 2.45) is 13.0 Å². The topological polar surface area (TPSA) is 63.6 Å². The van der Waals surface area contributed by atoms with Crippen LogP contribution >= 0.6 is 11.6 Å². The summed E-state index contributed by atoms with van der Waals surface area (Å²) in [7, 11) is 3.44. The molecule has 1 aliphatic carbocycles. The van der Waals surface area contributed by atoms with E-state index in [-0.39, 0.29) is 29.3 Å². The Bertz CT molecular complexity index is 1020. The van der Waals surface area contributed by atoms with Gasteiger partial charge in [0.05, 0.1) is 12.5 Å². The third-order valence-electron chi connectivity index (χ3n) is 6.67. The zero-order chi connectivity index (χ0) is 22.7. The molecule has 0 radical (unpaired) electrons. The Balaban J connectivity index is 1.57. The molecule has 2 atom stereocenters. The highest BCUT2D eigenvalue weighted by Crippen LogP contribution is 2.36. The van der Waals surface area contributed by atoms with Gasteiger partial charge in [-0.05, 0) is 67.0 Å². The largest absolute Gasteiger partial charge is 0.384 e. The molecule has 2 heterocycles. The molecule has 1 N–H and O–H groups in total. The van der Waals surface area contributed by atoms with Gasteiger partial charge in [-0.1, -0.05) is 23.7 Å². The van der Waals surface area contributed by atoms with Gasteiger partial charge in [-0.3, -0.25) is 9.59 Å². The summed E-state index contributed by atoms with van der Waals surface area (Å²) in [6.45, 7) is 2.64. The molecule has 172 valence electrons. The Kier molecular flexibility index (Phi) is 7.33. The lowest BCUT2D eigenvalue weighted by atomic mass is 9.80. The molecule has 1 saturated carbocycles. The van der Waals surface area contributed by atoms with E-state index in [9.17, 15) is 9.59 Å². The summed E-state index contributed by atoms with van der Waals surface area (Å²) in [6, 6.07) is 9.98. The molecule has 2 aliphatic rings. The molecule has 4 rings (SSSR count). The first kappa shape index (κ1) is 23.0. The van der Waals surface area contributed by atoms with Gasteiger partial charge in [0.25, 0.3) is 5.56 Å². The van der Waals surface area contributed by atoms with E-state index in [1.54, 1.807) is 31.0 Å². The minimum Gasteiger partial charge on any atom is -0.384 e. The predicted octanol–water partition coefficient (Wildman–Crippen LogP) is 3.11. The minimum atomic E-state index is -0.188. The maximum Gasteiger partial charge on any atom is 0.250 e. The zero-order valence-electron chi connectivity index (χ0n) is 18.9. The van der Waals surface area contributed by atoms with Crippen molar-refractivity contribution < 1.29 is 9.53 Å². The third-order valence-corrected chi connectivity index (χ3v) is 7.04. The van der Waals surface area contributed by atoms with Crippen LogP contribution in [0.1, 0.15) is 41.9 Å². The van der Waals surface area contributed by atoms with Crippen molar-refractivity contribution in [1.82, 2.24) is 14.8 Å². The lowest BCUT2D eigenvalue weighted by Crippen LogP contribution is -2.47. The van der Waals surface area contributed by atoms with Crippen LogP contribution in [0.3, 0.4) is 0 Å². The van der Waals surface area contributed by atoms with E-state index in [0.29, 0.717) is 24.7 Å². The number of amides is 1. The lowest BCUT2D eigenvalue weighted by Gasteiger charge is -2.36. The summed E-state index contributed by atoms with van der Waals surface area (Å²) < 4.78 is 6.77. The Morgan fingerprint density at radius 1 is 1.25 bits per heavy atom. The Morgan fingerprint density at radius 2 is 2.06 bits per heavy atom. The summed E-state index contributed by atoms with van der Waals surface area (Å²) in [5.74, 6) is 0.0121. The van der Waals surface area contributed by atoms with Gasteiger partial charge >= 0.3 is 0 Å². The van der Waals surface area contributed by atoms with Crippen molar-refractivity contribution in [1.29, 1.82) is 0 Å². The highest BCUT2D eigenvalue weighted by atomic mass is 35.5. The number of methoxy groups -OCH3 is 1. The van der Waals surface area contributed by atoms with Crippen LogP contribution in [0.4, 0.5) is 0 Å². The Hall–Kier alpha value is -2.15. The number of hydrogen-bond acceptors (Lipinski definition) is 4. The van der Waals surface area contributed by atoms with Gasteiger partial charge in [0.2, 0.25) is 5.91 Å². The van der Waals surface area contributed by atoms with Gasteiger partial charge in [0, 0.05) is 50.6 Å². The Labute approximate surface area is 194 Å². The van der Waals surface area contributed by atoms with Crippen LogP contribution in [0.15, 0.2) is 41.3 Å². The fraction of sp³-hybridized carbons (Fsp3) is 0.520. The van der Waals surface area contributed by atoms with E-state index in [4.69, 9.17) is 16.3 Å². The highest BCUT2D eigenvalue weighted by molar-refractivity contribution is 6.31. The third kappa shape index (κ3) is 5.25. The van der Waals surface area contributed by atoms with Gasteiger partial charge in [0.15, 0.2) is 0 Å². The van der Waals surface area contributed by atoms with E-state index in [2.05, 4.69) is 11.4 Å². The zero-order valence-corrected chi connectivity index (χ0v) is 19.6. The van der Waals surface area contributed by atoms with Crippen LogP contribution in [0.25, 0.3) is 0 Å². The number of aryl methyl sites for hydroxylation is 1. The molecule has 1 aromatic carbocycles. The van der Waals surface area contributed by atoms with E-state index >= 15 is 0 Å². The van der Waals surface area contributed by atoms with E-state index in [0.717, 1.165) is 48.9 Å². The molecule has 0 spiro atoms. The summed E-state index contributed by atoms with van der Waals surface area (Å²) in [5.41, 5.74) is 3.07. The number of carbonyl (C=O) groups excluding carboxylic acids is 1. The van der Waals surface area contributed by atoms with Crippen molar-refractivity contribution in [2.75, 3.05) is 26.8 Å². The normalized spacial score (nSPS) is 20.8. The van der Waals surface area contributed by atoms with Crippen LogP contribution in [0.2, 0.25) is 5.02 Å². The average Bonchev–Trinajstić information content (AvgIpc) is 3.64. The molecule has 1 amide bonds. The molecule has 1 unspecified atom stereocenters. The molecule has 1 saturated heterocycles. The Morgan fingerprint density at radius 3 is 2.78 bits per heavy atom. The number of halogens is 1. The van der Waals surface area contributed by atoms with E-state index < -0.39 is 0 Å². The van der Waals surface area contributed by atoms with Crippen molar-refractivity contribution in [3.05, 3.63) is 68.6 Å². The number of carbonyl (C=O) groups is 1. The summed E-state index contributed by atoms with van der Waals surface area (Å²) >= 11 is 6.53. The molecule has 32 heavy (non-hydrogen) atoms. The number of hydrogen-bond donors (Lipinski definition) is 1. The van der Waals surface area contributed by atoms with Crippen molar-refractivity contribution >= 4 is 17.5 Å². The second-order valence-electron chi connectivity index (χ2n) is 8.98. The molecule has 2 aromatic rings. The fourth-order valence-corrected chi connectivity index (χ4v) is 4.78. The number of aromatic nitrogens is 1. The summed E-state index contributed by atoms with van der Waals surface area (Å²) in [5, 5.41) is 4.08. The molecular weight excluding hydrogens is 426 g/mol. The quantitative estimate of drug-likeness (QED) is 0.661. The second-order valence-corrected chi connectivity index (χ2v) is 9.39. The van der Waals surface area contributed by atoms with Crippen LogP contribution in [-0.4, -0.2) is 48.2 Å². The number of rotatable bonds is 8. The summed E-state index contributed by atoms with van der Waals surface area (Å²) in [6.07, 6.45) is 5.52. The number of piperidine rings is 1. The number of ether oxygens (including phenoxy) is 1. The van der Waals surface area contributed by atoms with Gasteiger partial charge < -0.3 is 19.5 Å². The molecule has 6 nitrogen and oxygen atoms in total. The number of nitrogens with zero attached hydrogens (tertiary/aromatic N) is 2. The van der Waals surface area contributed by atoms with Crippen LogP contribution in [0, 0.1) is 5.92 Å². The SMILES string of the molecule is COCCc1ccc(Cl)c(CN(C(=O)C2CNCC[C@@H]2c2ccn(C)c(=O)c2)C2CC2)c1. The van der Waals surface area contributed by atoms with Gasteiger partial charge in [-0.2, -0.15) is 0 Å². The minimum absolute atomic E-state index is 0.0362. The molecule has 1 aromatic heterocycles. The molecule has 0 bridgehead atoms. The first-order valence-electron chi connectivity index (χ1n) is 11.4. The van der Waals surface area contributed by atoms with Gasteiger partial charge in [0.1, 0.15) is 0 Å². The highest BCUT2D eigenvalue weighted by Gasteiger charge is 2.40. The maximum absolute atomic E-state index is 13.8. The molecule has 1 aliphatic heterocycles. The predicted molar refractivity (Wildman–Crippen MR) is 126 cm³/mol. The van der Waals surface area contributed by atoms with Gasteiger partial charge in [-0.15, -0.1) is 0 Å².